The number of nitrogens with zero attached hydrogens (tertiary/aromatic N) is 1. The molecule has 5 heteroatoms. The van der Waals surface area contributed by atoms with E-state index in [0.29, 0.717) is 11.3 Å². The third kappa shape index (κ3) is 3.39. The van der Waals surface area contributed by atoms with Crippen LogP contribution >= 0.6 is 0 Å². The van der Waals surface area contributed by atoms with Gasteiger partial charge in [0.25, 0.3) is 5.91 Å². The molecule has 1 aliphatic rings. The molecule has 0 radical (unpaired) electrons. The third-order valence-corrected chi connectivity index (χ3v) is 3.80. The van der Waals surface area contributed by atoms with Crippen LogP contribution < -0.4 is 5.32 Å². The third-order valence-electron chi connectivity index (χ3n) is 3.80. The highest BCUT2D eigenvalue weighted by atomic mass is 19.1. The van der Waals surface area contributed by atoms with Crippen molar-refractivity contribution < 1.29 is 14.0 Å². The van der Waals surface area contributed by atoms with Crippen molar-refractivity contribution in [3.63, 3.8) is 0 Å². The largest absolute Gasteiger partial charge is 0.382 e. The molecule has 0 unspecified atom stereocenters. The van der Waals surface area contributed by atoms with Crippen LogP contribution in [0, 0.1) is 5.82 Å². The Balaban J connectivity index is 1.62. The molecule has 2 atom stereocenters. The molecule has 0 saturated carbocycles. The maximum Gasteiger partial charge on any atom is 0.264 e. The lowest BCUT2D eigenvalue weighted by Crippen LogP contribution is -2.36. The zero-order valence-corrected chi connectivity index (χ0v) is 12.7. The summed E-state index contributed by atoms with van der Waals surface area (Å²) in [4.78, 5) is 17.5. The molecule has 4 nitrogen and oxygen atoms in total. The van der Waals surface area contributed by atoms with Crippen molar-refractivity contribution in [2.45, 2.75) is 25.5 Å². The standard InChI is InChI=1S/C18H17FN2O2/c1-12(13-7-3-2-4-8-13)20-18(22)17-11-16(21-23-17)14-9-5-6-10-15(14)19/h2-10,12,17H,11H2,1H3,(H,20,22)/t12-,17+/m0/s1. The number of hydrogen-bond acceptors (Lipinski definition) is 3. The highest BCUT2D eigenvalue weighted by Crippen LogP contribution is 2.20. The molecule has 0 spiro atoms. The molecule has 2 aromatic carbocycles. The molecule has 1 aliphatic heterocycles. The minimum absolute atomic E-state index is 0.134. The summed E-state index contributed by atoms with van der Waals surface area (Å²) in [5.41, 5.74) is 1.84. The number of benzene rings is 2. The maximum atomic E-state index is 13.8. The topological polar surface area (TPSA) is 50.7 Å². The Labute approximate surface area is 134 Å². The van der Waals surface area contributed by atoms with Crippen LogP contribution in [0.25, 0.3) is 0 Å². The number of halogens is 1. The van der Waals surface area contributed by atoms with E-state index in [9.17, 15) is 9.18 Å². The zero-order valence-electron chi connectivity index (χ0n) is 12.7. The van der Waals surface area contributed by atoms with Crippen LogP contribution in [-0.2, 0) is 9.63 Å². The Hall–Kier alpha value is -2.69. The van der Waals surface area contributed by atoms with E-state index in [4.69, 9.17) is 4.84 Å². The molecule has 23 heavy (non-hydrogen) atoms. The Morgan fingerprint density at radius 2 is 1.91 bits per heavy atom. The molecule has 0 fully saturated rings. The SMILES string of the molecule is C[C@H](NC(=O)[C@H]1CC(c2ccccc2F)=NO1)c1ccccc1. The minimum Gasteiger partial charge on any atom is -0.382 e. The summed E-state index contributed by atoms with van der Waals surface area (Å²) < 4.78 is 13.8. The van der Waals surface area contributed by atoms with E-state index >= 15 is 0 Å². The lowest BCUT2D eigenvalue weighted by Gasteiger charge is -2.16. The summed E-state index contributed by atoms with van der Waals surface area (Å²) in [7, 11) is 0. The van der Waals surface area contributed by atoms with Crippen LogP contribution in [0.5, 0.6) is 0 Å². The van der Waals surface area contributed by atoms with Crippen LogP contribution in [0.2, 0.25) is 0 Å². The van der Waals surface area contributed by atoms with Gasteiger partial charge in [-0.25, -0.2) is 4.39 Å². The maximum absolute atomic E-state index is 13.8. The molecule has 118 valence electrons. The molecule has 0 bridgehead atoms. The van der Waals surface area contributed by atoms with Crippen LogP contribution in [0.4, 0.5) is 4.39 Å². The second kappa shape index (κ2) is 6.60. The summed E-state index contributed by atoms with van der Waals surface area (Å²) in [5, 5.41) is 6.76. The van der Waals surface area contributed by atoms with E-state index in [1.54, 1.807) is 18.2 Å². The van der Waals surface area contributed by atoms with Gasteiger partial charge in [-0.1, -0.05) is 53.7 Å². The second-order valence-electron chi connectivity index (χ2n) is 5.46. The van der Waals surface area contributed by atoms with E-state index in [-0.39, 0.29) is 24.2 Å². The Morgan fingerprint density at radius 3 is 2.65 bits per heavy atom. The Bertz CT molecular complexity index is 731. The van der Waals surface area contributed by atoms with Crippen molar-refractivity contribution in [1.82, 2.24) is 5.32 Å². The van der Waals surface area contributed by atoms with Gasteiger partial charge in [-0.2, -0.15) is 0 Å². The highest BCUT2D eigenvalue weighted by Gasteiger charge is 2.30. The summed E-state index contributed by atoms with van der Waals surface area (Å²) in [6, 6.07) is 15.9. The molecular weight excluding hydrogens is 295 g/mol. The molecule has 0 aliphatic carbocycles. The molecule has 3 rings (SSSR count). The molecule has 1 amide bonds. The molecule has 2 aromatic rings. The summed E-state index contributed by atoms with van der Waals surface area (Å²) in [6.45, 7) is 1.90. The van der Waals surface area contributed by atoms with Crippen LogP contribution in [0.3, 0.4) is 0 Å². The van der Waals surface area contributed by atoms with Gasteiger partial charge in [-0.05, 0) is 18.6 Å². The minimum atomic E-state index is -0.726. The lowest BCUT2D eigenvalue weighted by molar-refractivity contribution is -0.131. The molecule has 1 heterocycles. The van der Waals surface area contributed by atoms with Gasteiger partial charge in [0.15, 0.2) is 0 Å². The number of rotatable bonds is 4. The molecular formula is C18H17FN2O2. The Morgan fingerprint density at radius 1 is 1.22 bits per heavy atom. The van der Waals surface area contributed by atoms with Gasteiger partial charge in [0, 0.05) is 12.0 Å². The van der Waals surface area contributed by atoms with Crippen molar-refractivity contribution >= 4 is 11.6 Å². The van der Waals surface area contributed by atoms with Crippen molar-refractivity contribution in [3.05, 3.63) is 71.5 Å². The average molecular weight is 312 g/mol. The first-order chi connectivity index (χ1) is 11.1. The molecule has 0 aromatic heterocycles. The van der Waals surface area contributed by atoms with Gasteiger partial charge in [0.2, 0.25) is 6.10 Å². The first-order valence-electron chi connectivity index (χ1n) is 7.48. The number of amides is 1. The van der Waals surface area contributed by atoms with Crippen LogP contribution in [0.1, 0.15) is 30.5 Å². The zero-order chi connectivity index (χ0) is 16.2. The van der Waals surface area contributed by atoms with E-state index < -0.39 is 6.10 Å². The van der Waals surface area contributed by atoms with Crippen molar-refractivity contribution in [1.29, 1.82) is 0 Å². The van der Waals surface area contributed by atoms with Gasteiger partial charge in [0.05, 0.1) is 11.8 Å². The first kappa shape index (κ1) is 15.2. The summed E-state index contributed by atoms with van der Waals surface area (Å²) in [5.74, 6) is -0.620. The number of nitrogens with one attached hydrogen (secondary N) is 1. The van der Waals surface area contributed by atoms with E-state index in [1.807, 2.05) is 37.3 Å². The fourth-order valence-corrected chi connectivity index (χ4v) is 2.50. The average Bonchev–Trinajstić information content (AvgIpc) is 3.06. The predicted octanol–water partition coefficient (Wildman–Crippen LogP) is 3.20. The lowest BCUT2D eigenvalue weighted by atomic mass is 10.0. The highest BCUT2D eigenvalue weighted by molar-refractivity contribution is 6.04. The molecule has 0 saturated heterocycles. The Kier molecular flexibility index (Phi) is 4.37. The monoisotopic (exact) mass is 312 g/mol. The molecule has 1 N–H and O–H groups in total. The number of oxime groups is 1. The van der Waals surface area contributed by atoms with E-state index in [0.717, 1.165) is 5.56 Å². The van der Waals surface area contributed by atoms with Crippen LogP contribution in [-0.4, -0.2) is 17.7 Å². The second-order valence-corrected chi connectivity index (χ2v) is 5.46. The fourth-order valence-electron chi connectivity index (χ4n) is 2.50. The van der Waals surface area contributed by atoms with Crippen molar-refractivity contribution in [3.8, 4) is 0 Å². The van der Waals surface area contributed by atoms with E-state index in [1.165, 1.54) is 6.07 Å². The van der Waals surface area contributed by atoms with Crippen LogP contribution in [0.15, 0.2) is 59.8 Å². The number of carbonyl (C=O) groups excluding carboxylic acids is 1. The predicted molar refractivity (Wildman–Crippen MR) is 85.4 cm³/mol. The van der Waals surface area contributed by atoms with Gasteiger partial charge >= 0.3 is 0 Å². The number of carbonyl (C=O) groups is 1. The fraction of sp³-hybridized carbons (Fsp3) is 0.222. The van der Waals surface area contributed by atoms with Gasteiger partial charge in [-0.3, -0.25) is 4.79 Å². The normalized spacial score (nSPS) is 18.0. The van der Waals surface area contributed by atoms with Crippen molar-refractivity contribution in [2.75, 3.05) is 0 Å². The van der Waals surface area contributed by atoms with Crippen molar-refractivity contribution in [2.24, 2.45) is 5.16 Å². The smallest absolute Gasteiger partial charge is 0.264 e. The summed E-state index contributed by atoms with van der Waals surface area (Å²) >= 11 is 0. The van der Waals surface area contributed by atoms with E-state index in [2.05, 4.69) is 10.5 Å². The number of hydrogen-bond donors (Lipinski definition) is 1. The quantitative estimate of drug-likeness (QED) is 0.942. The van der Waals surface area contributed by atoms with Gasteiger partial charge < -0.3 is 10.2 Å². The van der Waals surface area contributed by atoms with Gasteiger partial charge in [0.1, 0.15) is 5.82 Å². The first-order valence-corrected chi connectivity index (χ1v) is 7.48. The van der Waals surface area contributed by atoms with Gasteiger partial charge in [-0.15, -0.1) is 0 Å². The summed E-state index contributed by atoms with van der Waals surface area (Å²) in [6.07, 6.45) is -0.468.